The van der Waals surface area contributed by atoms with Gasteiger partial charge in [0.15, 0.2) is 0 Å². The molecule has 116 valence electrons. The summed E-state index contributed by atoms with van der Waals surface area (Å²) in [6.45, 7) is 9.33. The molecule has 0 amide bonds. The molecular weight excluding hydrogens is 248 g/mol. The van der Waals surface area contributed by atoms with Gasteiger partial charge in [-0.3, -0.25) is 4.68 Å². The van der Waals surface area contributed by atoms with Crippen LogP contribution >= 0.6 is 0 Å². The first-order chi connectivity index (χ1) is 9.61. The van der Waals surface area contributed by atoms with Crippen molar-refractivity contribution < 1.29 is 5.11 Å². The maximum atomic E-state index is 10.0. The first kappa shape index (κ1) is 17.2. The first-order valence-corrected chi connectivity index (χ1v) is 8.33. The molecule has 1 heterocycles. The lowest BCUT2D eigenvalue weighted by molar-refractivity contribution is 0.172. The molecule has 0 aliphatic rings. The molecule has 20 heavy (non-hydrogen) atoms. The fourth-order valence-corrected chi connectivity index (χ4v) is 2.83. The maximum Gasteiger partial charge on any atom is 0.0823 e. The molecule has 1 unspecified atom stereocenters. The van der Waals surface area contributed by atoms with Gasteiger partial charge in [-0.15, -0.1) is 0 Å². The number of aromatic nitrogens is 2. The third-order valence-corrected chi connectivity index (χ3v) is 4.13. The van der Waals surface area contributed by atoms with Crippen molar-refractivity contribution in [3.05, 3.63) is 17.0 Å². The van der Waals surface area contributed by atoms with Crippen molar-refractivity contribution in [2.24, 2.45) is 0 Å². The Labute approximate surface area is 124 Å². The fourth-order valence-electron chi connectivity index (χ4n) is 2.83. The van der Waals surface area contributed by atoms with Gasteiger partial charge >= 0.3 is 0 Å². The van der Waals surface area contributed by atoms with Gasteiger partial charge < -0.3 is 5.11 Å². The predicted molar refractivity (Wildman–Crippen MR) is 84.9 cm³/mol. The van der Waals surface area contributed by atoms with Crippen LogP contribution in [0.3, 0.4) is 0 Å². The molecule has 3 nitrogen and oxygen atoms in total. The summed E-state index contributed by atoms with van der Waals surface area (Å²) in [7, 11) is 0. The van der Waals surface area contributed by atoms with E-state index in [0.717, 1.165) is 29.9 Å². The summed E-state index contributed by atoms with van der Waals surface area (Å²) >= 11 is 0. The van der Waals surface area contributed by atoms with Crippen LogP contribution in [-0.4, -0.2) is 14.9 Å². The number of rotatable bonds is 10. The molecule has 0 saturated carbocycles. The van der Waals surface area contributed by atoms with Crippen LogP contribution in [0.5, 0.6) is 0 Å². The quantitative estimate of drug-likeness (QED) is 0.631. The first-order valence-electron chi connectivity index (χ1n) is 8.33. The highest BCUT2D eigenvalue weighted by molar-refractivity contribution is 5.26. The molecule has 0 saturated heterocycles. The smallest absolute Gasteiger partial charge is 0.0823 e. The van der Waals surface area contributed by atoms with Gasteiger partial charge in [-0.25, -0.2) is 0 Å². The Morgan fingerprint density at radius 1 is 1.00 bits per heavy atom. The zero-order chi connectivity index (χ0) is 15.0. The molecule has 1 rings (SSSR count). The average molecular weight is 280 g/mol. The van der Waals surface area contributed by atoms with Crippen LogP contribution in [-0.2, 0) is 6.54 Å². The Balaban J connectivity index is 2.37. The molecule has 1 aromatic heterocycles. The maximum absolute atomic E-state index is 10.0. The van der Waals surface area contributed by atoms with E-state index in [1.165, 1.54) is 44.9 Å². The molecule has 1 aromatic rings. The number of hydrogen-bond acceptors (Lipinski definition) is 2. The van der Waals surface area contributed by atoms with Crippen molar-refractivity contribution in [2.45, 2.75) is 91.7 Å². The minimum Gasteiger partial charge on any atom is -0.388 e. The van der Waals surface area contributed by atoms with E-state index in [1.807, 2.05) is 13.8 Å². The number of unbranched alkanes of at least 4 members (excludes halogenated alkanes) is 6. The predicted octanol–water partition coefficient (Wildman–Crippen LogP) is 4.69. The van der Waals surface area contributed by atoms with Gasteiger partial charge in [-0.05, 0) is 26.7 Å². The molecule has 0 spiro atoms. The van der Waals surface area contributed by atoms with Crippen LogP contribution in [0.4, 0.5) is 0 Å². The second-order valence-electron chi connectivity index (χ2n) is 5.85. The van der Waals surface area contributed by atoms with E-state index < -0.39 is 0 Å². The van der Waals surface area contributed by atoms with E-state index in [0.29, 0.717) is 0 Å². The molecular formula is C17H32N2O. The van der Waals surface area contributed by atoms with Crippen LogP contribution in [0.15, 0.2) is 0 Å². The summed E-state index contributed by atoms with van der Waals surface area (Å²) in [4.78, 5) is 0. The second-order valence-corrected chi connectivity index (χ2v) is 5.85. The van der Waals surface area contributed by atoms with Crippen molar-refractivity contribution in [1.29, 1.82) is 0 Å². The Bertz CT molecular complexity index is 385. The van der Waals surface area contributed by atoms with E-state index in [2.05, 4.69) is 23.6 Å². The van der Waals surface area contributed by atoms with Crippen molar-refractivity contribution in [3.63, 3.8) is 0 Å². The lowest BCUT2D eigenvalue weighted by Crippen LogP contribution is -2.04. The number of aliphatic hydroxyl groups excluding tert-OH is 1. The Kier molecular flexibility index (Phi) is 7.90. The SMILES string of the molecule is CCCCCCCCCn1nc(C)c(C(O)CC)c1C. The lowest BCUT2D eigenvalue weighted by atomic mass is 10.1. The van der Waals surface area contributed by atoms with Gasteiger partial charge in [-0.2, -0.15) is 5.10 Å². The van der Waals surface area contributed by atoms with Crippen molar-refractivity contribution in [3.8, 4) is 0 Å². The largest absolute Gasteiger partial charge is 0.388 e. The van der Waals surface area contributed by atoms with Crippen LogP contribution < -0.4 is 0 Å². The molecule has 3 heteroatoms. The molecule has 1 N–H and O–H groups in total. The normalized spacial score (nSPS) is 12.8. The summed E-state index contributed by atoms with van der Waals surface area (Å²) in [6.07, 6.45) is 9.63. The van der Waals surface area contributed by atoms with E-state index in [9.17, 15) is 5.11 Å². The zero-order valence-electron chi connectivity index (χ0n) is 13.8. The highest BCUT2D eigenvalue weighted by Crippen LogP contribution is 2.24. The Morgan fingerprint density at radius 2 is 1.60 bits per heavy atom. The summed E-state index contributed by atoms with van der Waals surface area (Å²) < 4.78 is 2.08. The molecule has 0 bridgehead atoms. The average Bonchev–Trinajstić information content (AvgIpc) is 2.72. The molecule has 0 aromatic carbocycles. The zero-order valence-corrected chi connectivity index (χ0v) is 13.8. The minimum absolute atomic E-state index is 0.363. The van der Waals surface area contributed by atoms with E-state index in [1.54, 1.807) is 0 Å². The third-order valence-electron chi connectivity index (χ3n) is 4.13. The second kappa shape index (κ2) is 9.17. The molecule has 0 radical (unpaired) electrons. The summed E-state index contributed by atoms with van der Waals surface area (Å²) in [5, 5.41) is 14.6. The molecule has 0 fully saturated rings. The number of aryl methyl sites for hydroxylation is 2. The Morgan fingerprint density at radius 3 is 2.20 bits per heavy atom. The number of hydrogen-bond donors (Lipinski definition) is 1. The van der Waals surface area contributed by atoms with Gasteiger partial charge in [0.05, 0.1) is 11.8 Å². The van der Waals surface area contributed by atoms with Gasteiger partial charge in [0.2, 0.25) is 0 Å². The van der Waals surface area contributed by atoms with Crippen LogP contribution in [0.25, 0.3) is 0 Å². The van der Waals surface area contributed by atoms with Crippen molar-refractivity contribution >= 4 is 0 Å². The lowest BCUT2D eigenvalue weighted by Gasteiger charge is -2.09. The molecule has 0 aliphatic heterocycles. The number of nitrogens with zero attached hydrogens (tertiary/aromatic N) is 2. The molecule has 0 aliphatic carbocycles. The number of aliphatic hydroxyl groups is 1. The van der Waals surface area contributed by atoms with Gasteiger partial charge in [0, 0.05) is 17.8 Å². The highest BCUT2D eigenvalue weighted by Gasteiger charge is 2.17. The highest BCUT2D eigenvalue weighted by atomic mass is 16.3. The van der Waals surface area contributed by atoms with Crippen molar-refractivity contribution in [2.75, 3.05) is 0 Å². The van der Waals surface area contributed by atoms with Crippen molar-refractivity contribution in [1.82, 2.24) is 9.78 Å². The summed E-state index contributed by atoms with van der Waals surface area (Å²) in [5.41, 5.74) is 3.16. The summed E-state index contributed by atoms with van der Waals surface area (Å²) in [5.74, 6) is 0. The van der Waals surface area contributed by atoms with Crippen LogP contribution in [0, 0.1) is 13.8 Å². The van der Waals surface area contributed by atoms with Gasteiger partial charge in [-0.1, -0.05) is 52.4 Å². The van der Waals surface area contributed by atoms with Crippen LogP contribution in [0.2, 0.25) is 0 Å². The van der Waals surface area contributed by atoms with E-state index in [4.69, 9.17) is 0 Å². The Hall–Kier alpha value is -0.830. The molecule has 1 atom stereocenters. The standard InChI is InChI=1S/C17H32N2O/c1-5-7-8-9-10-11-12-13-19-15(4)17(14(3)18-19)16(20)6-2/h16,20H,5-13H2,1-4H3. The monoisotopic (exact) mass is 280 g/mol. The third kappa shape index (κ3) is 4.93. The van der Waals surface area contributed by atoms with Crippen LogP contribution in [0.1, 0.15) is 88.3 Å². The van der Waals surface area contributed by atoms with E-state index in [-0.39, 0.29) is 6.10 Å². The van der Waals surface area contributed by atoms with E-state index >= 15 is 0 Å². The van der Waals surface area contributed by atoms with Gasteiger partial charge in [0.1, 0.15) is 0 Å². The topological polar surface area (TPSA) is 38.0 Å². The van der Waals surface area contributed by atoms with Gasteiger partial charge in [0.25, 0.3) is 0 Å². The minimum atomic E-state index is -0.363. The summed E-state index contributed by atoms with van der Waals surface area (Å²) in [6, 6.07) is 0. The fraction of sp³-hybridized carbons (Fsp3) is 0.824.